The van der Waals surface area contributed by atoms with E-state index in [1.54, 1.807) is 0 Å². The molecule has 2 nitrogen and oxygen atoms in total. The van der Waals surface area contributed by atoms with Crippen molar-refractivity contribution in [2.45, 2.75) is 65.0 Å². The minimum atomic E-state index is 0.568. The first-order valence-electron chi connectivity index (χ1n) is 7.16. The lowest BCUT2D eigenvalue weighted by Gasteiger charge is -2.34. The lowest BCUT2D eigenvalue weighted by atomic mass is 9.79. The average molecular weight is 254 g/mol. The van der Waals surface area contributed by atoms with E-state index in [1.165, 1.54) is 43.0 Å². The number of aliphatic imine (C=N–C) groups is 1. The van der Waals surface area contributed by atoms with Crippen LogP contribution in [0.4, 0.5) is 0 Å². The van der Waals surface area contributed by atoms with Crippen LogP contribution in [0.25, 0.3) is 0 Å². The summed E-state index contributed by atoms with van der Waals surface area (Å²) in [4.78, 5) is 4.81. The zero-order valence-corrected chi connectivity index (χ0v) is 12.2. The maximum atomic E-state index is 4.81. The second-order valence-corrected chi connectivity index (χ2v) is 6.83. The molecule has 0 radical (unpaired) electrons. The Hall–Kier alpha value is -0.180. The van der Waals surface area contributed by atoms with Crippen molar-refractivity contribution in [1.82, 2.24) is 5.32 Å². The maximum Gasteiger partial charge on any atom is 0.157 e. The van der Waals surface area contributed by atoms with Gasteiger partial charge in [-0.3, -0.25) is 4.99 Å². The molecule has 2 aliphatic rings. The molecule has 0 aromatic carbocycles. The van der Waals surface area contributed by atoms with Crippen LogP contribution in [0.15, 0.2) is 4.99 Å². The van der Waals surface area contributed by atoms with Gasteiger partial charge >= 0.3 is 0 Å². The number of hydrogen-bond acceptors (Lipinski definition) is 3. The van der Waals surface area contributed by atoms with E-state index in [2.05, 4.69) is 26.1 Å². The molecule has 1 saturated carbocycles. The van der Waals surface area contributed by atoms with Crippen molar-refractivity contribution in [3.8, 4) is 0 Å². The molecule has 0 amide bonds. The molecule has 0 aromatic heterocycles. The summed E-state index contributed by atoms with van der Waals surface area (Å²) in [7, 11) is 0. The third-order valence-electron chi connectivity index (χ3n) is 4.39. The van der Waals surface area contributed by atoms with Gasteiger partial charge in [-0.05, 0) is 43.9 Å². The van der Waals surface area contributed by atoms with Crippen molar-refractivity contribution >= 4 is 16.9 Å². The highest BCUT2D eigenvalue weighted by Crippen LogP contribution is 2.30. The topological polar surface area (TPSA) is 24.4 Å². The van der Waals surface area contributed by atoms with Crippen LogP contribution in [0.5, 0.6) is 0 Å². The maximum absolute atomic E-state index is 4.81. The minimum absolute atomic E-state index is 0.568. The number of nitrogens with one attached hydrogen (secondary N) is 1. The molecule has 2 rings (SSSR count). The van der Waals surface area contributed by atoms with Crippen molar-refractivity contribution in [3.63, 3.8) is 0 Å². The zero-order chi connectivity index (χ0) is 12.3. The first kappa shape index (κ1) is 13.3. The SMILES string of the molecule is CCC1CCSC(NC2CCC(C)C(C)C2)=N1. The smallest absolute Gasteiger partial charge is 0.157 e. The summed E-state index contributed by atoms with van der Waals surface area (Å²) in [6, 6.07) is 1.24. The molecule has 0 aromatic rings. The highest BCUT2D eigenvalue weighted by atomic mass is 32.2. The van der Waals surface area contributed by atoms with Gasteiger partial charge in [0.1, 0.15) is 0 Å². The summed E-state index contributed by atoms with van der Waals surface area (Å²) >= 11 is 1.92. The van der Waals surface area contributed by atoms with E-state index in [0.29, 0.717) is 12.1 Å². The fourth-order valence-corrected chi connectivity index (χ4v) is 3.84. The largest absolute Gasteiger partial charge is 0.362 e. The van der Waals surface area contributed by atoms with Crippen molar-refractivity contribution in [2.24, 2.45) is 16.8 Å². The lowest BCUT2D eigenvalue weighted by Crippen LogP contribution is -2.40. The molecular formula is C14H26N2S. The van der Waals surface area contributed by atoms with E-state index in [4.69, 9.17) is 4.99 Å². The van der Waals surface area contributed by atoms with Gasteiger partial charge in [-0.25, -0.2) is 0 Å². The first-order chi connectivity index (χ1) is 8.19. The Morgan fingerprint density at radius 3 is 2.76 bits per heavy atom. The van der Waals surface area contributed by atoms with Gasteiger partial charge in [0.2, 0.25) is 0 Å². The molecule has 3 heteroatoms. The molecule has 4 atom stereocenters. The zero-order valence-electron chi connectivity index (χ0n) is 11.4. The summed E-state index contributed by atoms with van der Waals surface area (Å²) in [5.74, 6) is 3.00. The van der Waals surface area contributed by atoms with E-state index in [9.17, 15) is 0 Å². The summed E-state index contributed by atoms with van der Waals surface area (Å²) in [6.07, 6.45) is 6.45. The molecule has 1 N–H and O–H groups in total. The van der Waals surface area contributed by atoms with Crippen molar-refractivity contribution in [2.75, 3.05) is 5.75 Å². The van der Waals surface area contributed by atoms with Crippen LogP contribution < -0.4 is 5.32 Å². The van der Waals surface area contributed by atoms with Gasteiger partial charge in [-0.1, -0.05) is 32.5 Å². The molecule has 1 fully saturated rings. The van der Waals surface area contributed by atoms with Crippen LogP contribution >= 0.6 is 11.8 Å². The molecule has 1 heterocycles. The average Bonchev–Trinajstić information content (AvgIpc) is 2.34. The van der Waals surface area contributed by atoms with Gasteiger partial charge in [-0.15, -0.1) is 0 Å². The summed E-state index contributed by atoms with van der Waals surface area (Å²) in [5, 5.41) is 4.90. The van der Waals surface area contributed by atoms with Crippen molar-refractivity contribution < 1.29 is 0 Å². The van der Waals surface area contributed by atoms with E-state index in [-0.39, 0.29) is 0 Å². The molecule has 0 bridgehead atoms. The third-order valence-corrected chi connectivity index (χ3v) is 5.32. The Bertz CT molecular complexity index is 277. The van der Waals surface area contributed by atoms with Crippen molar-refractivity contribution in [1.29, 1.82) is 0 Å². The van der Waals surface area contributed by atoms with Crippen LogP contribution in [-0.4, -0.2) is 23.0 Å². The second kappa shape index (κ2) is 6.12. The lowest BCUT2D eigenvalue weighted by molar-refractivity contribution is 0.241. The van der Waals surface area contributed by atoms with Gasteiger partial charge in [0.25, 0.3) is 0 Å². The third kappa shape index (κ3) is 3.64. The molecular weight excluding hydrogens is 228 g/mol. The number of amidine groups is 1. The predicted octanol–water partition coefficient (Wildman–Crippen LogP) is 3.67. The van der Waals surface area contributed by atoms with Gasteiger partial charge < -0.3 is 5.32 Å². The van der Waals surface area contributed by atoms with E-state index < -0.39 is 0 Å². The van der Waals surface area contributed by atoms with Crippen molar-refractivity contribution in [3.05, 3.63) is 0 Å². The molecule has 4 unspecified atom stereocenters. The number of thioether (sulfide) groups is 1. The van der Waals surface area contributed by atoms with Crippen LogP contribution in [-0.2, 0) is 0 Å². The molecule has 0 spiro atoms. The molecule has 98 valence electrons. The minimum Gasteiger partial charge on any atom is -0.362 e. The Morgan fingerprint density at radius 2 is 2.06 bits per heavy atom. The monoisotopic (exact) mass is 254 g/mol. The number of rotatable bonds is 2. The van der Waals surface area contributed by atoms with Crippen LogP contribution in [0.3, 0.4) is 0 Å². The van der Waals surface area contributed by atoms with Gasteiger partial charge in [0.05, 0.1) is 6.04 Å². The Labute approximate surface area is 110 Å². The van der Waals surface area contributed by atoms with E-state index in [0.717, 1.165) is 11.8 Å². The normalized spacial score (nSPS) is 38.6. The van der Waals surface area contributed by atoms with Gasteiger partial charge in [0, 0.05) is 11.8 Å². The molecule has 17 heavy (non-hydrogen) atoms. The van der Waals surface area contributed by atoms with E-state index in [1.807, 2.05) is 11.8 Å². The van der Waals surface area contributed by atoms with Crippen LogP contribution in [0, 0.1) is 11.8 Å². The quantitative estimate of drug-likeness (QED) is 0.813. The second-order valence-electron chi connectivity index (χ2n) is 5.74. The molecule has 1 aliphatic carbocycles. The molecule has 0 saturated heterocycles. The Kier molecular flexibility index (Phi) is 4.78. The highest BCUT2D eigenvalue weighted by Gasteiger charge is 2.26. The summed E-state index contributed by atoms with van der Waals surface area (Å²) in [6.45, 7) is 7.02. The molecule has 1 aliphatic heterocycles. The number of nitrogens with zero attached hydrogens (tertiary/aromatic N) is 1. The predicted molar refractivity (Wildman–Crippen MR) is 77.7 cm³/mol. The van der Waals surface area contributed by atoms with Gasteiger partial charge in [-0.2, -0.15) is 0 Å². The Balaban J connectivity index is 1.86. The summed E-state index contributed by atoms with van der Waals surface area (Å²) < 4.78 is 0. The fourth-order valence-electron chi connectivity index (χ4n) is 2.79. The fraction of sp³-hybridized carbons (Fsp3) is 0.929. The summed E-state index contributed by atoms with van der Waals surface area (Å²) in [5.41, 5.74) is 0. The van der Waals surface area contributed by atoms with Crippen LogP contribution in [0.2, 0.25) is 0 Å². The van der Waals surface area contributed by atoms with Gasteiger partial charge in [0.15, 0.2) is 5.17 Å². The number of hydrogen-bond donors (Lipinski definition) is 1. The van der Waals surface area contributed by atoms with E-state index >= 15 is 0 Å². The standard InChI is InChI=1S/C14H26N2S/c1-4-12-7-8-17-14(15-12)16-13-6-5-10(2)11(3)9-13/h10-13H,4-9H2,1-3H3,(H,15,16). The van der Waals surface area contributed by atoms with Crippen LogP contribution in [0.1, 0.15) is 52.9 Å². The first-order valence-corrected chi connectivity index (χ1v) is 8.14. The Morgan fingerprint density at radius 1 is 1.24 bits per heavy atom. The highest BCUT2D eigenvalue weighted by molar-refractivity contribution is 8.13.